The van der Waals surface area contributed by atoms with Crippen LogP contribution in [0.3, 0.4) is 0 Å². The Bertz CT molecular complexity index is 998. The van der Waals surface area contributed by atoms with Crippen molar-refractivity contribution >= 4 is 27.7 Å². The standard InChI is InChI=1S/C21H25N3O3S2/c1-14-20(15-9-11-24(14)12-10-15)23-21(25)16-5-7-17(8-6-16)28-18-3-2-4-19(13-18)29(22,26)27/h2-8,13-15,20H,9-12H2,1H3,(H,23,25)(H2,22,26,27). The average molecular weight is 432 g/mol. The van der Waals surface area contributed by atoms with Crippen LogP contribution in [0, 0.1) is 5.92 Å². The molecule has 1 amide bonds. The molecule has 6 nitrogen and oxygen atoms in total. The first-order chi connectivity index (χ1) is 13.8. The minimum atomic E-state index is -3.73. The maximum atomic E-state index is 12.7. The van der Waals surface area contributed by atoms with E-state index in [1.165, 1.54) is 17.8 Å². The van der Waals surface area contributed by atoms with Crippen molar-refractivity contribution in [3.63, 3.8) is 0 Å². The predicted octanol–water partition coefficient (Wildman–Crippen LogP) is 2.70. The number of hydrogen-bond donors (Lipinski definition) is 2. The lowest BCUT2D eigenvalue weighted by atomic mass is 9.79. The second-order valence-corrected chi connectivity index (χ2v) is 10.5. The number of carbonyl (C=O) groups excluding carboxylic acids is 1. The second kappa shape index (κ2) is 8.10. The number of hydrogen-bond acceptors (Lipinski definition) is 5. The lowest BCUT2D eigenvalue weighted by Crippen LogP contribution is -2.62. The minimum Gasteiger partial charge on any atom is -0.347 e. The number of carbonyl (C=O) groups is 1. The predicted molar refractivity (Wildman–Crippen MR) is 113 cm³/mol. The van der Waals surface area contributed by atoms with Crippen molar-refractivity contribution in [2.75, 3.05) is 13.1 Å². The van der Waals surface area contributed by atoms with E-state index in [1.54, 1.807) is 12.1 Å². The van der Waals surface area contributed by atoms with E-state index in [9.17, 15) is 13.2 Å². The number of fused-ring (bicyclic) bond motifs is 3. The van der Waals surface area contributed by atoms with Crippen molar-refractivity contribution in [3.8, 4) is 0 Å². The number of primary sulfonamides is 1. The van der Waals surface area contributed by atoms with Crippen LogP contribution >= 0.6 is 11.8 Å². The quantitative estimate of drug-likeness (QED) is 0.759. The second-order valence-electron chi connectivity index (χ2n) is 7.76. The van der Waals surface area contributed by atoms with Crippen LogP contribution in [0.2, 0.25) is 0 Å². The number of nitrogens with two attached hydrogens (primary N) is 1. The molecule has 8 heteroatoms. The molecule has 2 aromatic carbocycles. The summed E-state index contributed by atoms with van der Waals surface area (Å²) in [5, 5.41) is 8.44. The van der Waals surface area contributed by atoms with Crippen LogP contribution in [-0.2, 0) is 10.0 Å². The molecule has 29 heavy (non-hydrogen) atoms. The SMILES string of the molecule is CC1C(NC(=O)c2ccc(Sc3cccc(S(N)(=O)=O)c3)cc2)C2CCN1CC2. The molecule has 0 saturated carbocycles. The number of nitrogens with zero attached hydrogens (tertiary/aromatic N) is 1. The number of benzene rings is 2. The van der Waals surface area contributed by atoms with E-state index in [2.05, 4.69) is 17.1 Å². The van der Waals surface area contributed by atoms with Gasteiger partial charge in [0.2, 0.25) is 10.0 Å². The number of sulfonamides is 1. The van der Waals surface area contributed by atoms with E-state index >= 15 is 0 Å². The Labute approximate surface area is 175 Å². The van der Waals surface area contributed by atoms with Gasteiger partial charge in [-0.05, 0) is 81.2 Å². The van der Waals surface area contributed by atoms with Crippen molar-refractivity contribution < 1.29 is 13.2 Å². The molecule has 3 aliphatic heterocycles. The summed E-state index contributed by atoms with van der Waals surface area (Å²) in [5.74, 6) is 0.531. The van der Waals surface area contributed by atoms with E-state index in [0.29, 0.717) is 17.5 Å². The first-order valence-corrected chi connectivity index (χ1v) is 12.1. The smallest absolute Gasteiger partial charge is 0.251 e. The zero-order chi connectivity index (χ0) is 20.6. The molecule has 5 rings (SSSR count). The third-order valence-electron chi connectivity index (χ3n) is 5.96. The molecule has 0 aromatic heterocycles. The molecule has 2 atom stereocenters. The van der Waals surface area contributed by atoms with Gasteiger partial charge in [-0.3, -0.25) is 9.69 Å². The molecule has 3 aliphatic rings. The highest BCUT2D eigenvalue weighted by Crippen LogP contribution is 2.32. The van der Waals surface area contributed by atoms with Gasteiger partial charge in [0.05, 0.1) is 4.90 Å². The highest BCUT2D eigenvalue weighted by atomic mass is 32.2. The highest BCUT2D eigenvalue weighted by Gasteiger charge is 2.40. The van der Waals surface area contributed by atoms with Gasteiger partial charge in [0.15, 0.2) is 0 Å². The molecule has 2 aromatic rings. The van der Waals surface area contributed by atoms with Gasteiger partial charge in [-0.15, -0.1) is 0 Å². The summed E-state index contributed by atoms with van der Waals surface area (Å²) in [6, 6.07) is 14.5. The van der Waals surface area contributed by atoms with E-state index in [-0.39, 0.29) is 16.8 Å². The summed E-state index contributed by atoms with van der Waals surface area (Å²) in [4.78, 5) is 17.0. The molecule has 0 aliphatic carbocycles. The fourth-order valence-corrected chi connectivity index (χ4v) is 5.82. The molecule has 0 radical (unpaired) electrons. The summed E-state index contributed by atoms with van der Waals surface area (Å²) in [7, 11) is -3.73. The summed E-state index contributed by atoms with van der Waals surface area (Å²) < 4.78 is 23.0. The Morgan fingerprint density at radius 1 is 1.10 bits per heavy atom. The molecule has 3 N–H and O–H groups in total. The summed E-state index contributed by atoms with van der Waals surface area (Å²) in [5.41, 5.74) is 0.635. The minimum absolute atomic E-state index is 0.0385. The summed E-state index contributed by atoms with van der Waals surface area (Å²) >= 11 is 1.43. The van der Waals surface area contributed by atoms with Crippen LogP contribution in [-0.4, -0.2) is 44.4 Å². The third kappa shape index (κ3) is 4.50. The van der Waals surface area contributed by atoms with Gasteiger partial charge in [0, 0.05) is 27.4 Å². The molecule has 154 valence electrons. The lowest BCUT2D eigenvalue weighted by molar-refractivity contribution is 0.0217. The van der Waals surface area contributed by atoms with Crippen molar-refractivity contribution in [2.45, 2.75) is 46.5 Å². The van der Waals surface area contributed by atoms with Gasteiger partial charge in [-0.25, -0.2) is 13.6 Å². The molecule has 2 unspecified atom stereocenters. The lowest BCUT2D eigenvalue weighted by Gasteiger charge is -2.49. The van der Waals surface area contributed by atoms with E-state index < -0.39 is 10.0 Å². The first-order valence-electron chi connectivity index (χ1n) is 9.77. The Morgan fingerprint density at radius 2 is 1.79 bits per heavy atom. The van der Waals surface area contributed by atoms with Gasteiger partial charge in [-0.1, -0.05) is 17.8 Å². The van der Waals surface area contributed by atoms with Crippen molar-refractivity contribution in [1.29, 1.82) is 0 Å². The van der Waals surface area contributed by atoms with Gasteiger partial charge >= 0.3 is 0 Å². The zero-order valence-corrected chi connectivity index (χ0v) is 17.9. The van der Waals surface area contributed by atoms with Gasteiger partial charge in [0.25, 0.3) is 5.91 Å². The van der Waals surface area contributed by atoms with Crippen molar-refractivity contribution in [3.05, 3.63) is 54.1 Å². The maximum absolute atomic E-state index is 12.7. The van der Waals surface area contributed by atoms with Crippen LogP contribution in [0.4, 0.5) is 0 Å². The van der Waals surface area contributed by atoms with Crippen LogP contribution in [0.15, 0.2) is 63.2 Å². The van der Waals surface area contributed by atoms with Crippen LogP contribution in [0.25, 0.3) is 0 Å². The highest BCUT2D eigenvalue weighted by molar-refractivity contribution is 7.99. The number of piperidine rings is 3. The van der Waals surface area contributed by atoms with Crippen molar-refractivity contribution in [1.82, 2.24) is 10.2 Å². The Hall–Kier alpha value is -1.87. The van der Waals surface area contributed by atoms with E-state index in [4.69, 9.17) is 5.14 Å². The number of amides is 1. The normalized spacial score (nSPS) is 26.3. The Kier molecular flexibility index (Phi) is 5.70. The van der Waals surface area contributed by atoms with E-state index in [1.807, 2.05) is 30.3 Å². The van der Waals surface area contributed by atoms with Gasteiger partial charge < -0.3 is 5.32 Å². The van der Waals surface area contributed by atoms with E-state index in [0.717, 1.165) is 35.7 Å². The Morgan fingerprint density at radius 3 is 2.41 bits per heavy atom. The topological polar surface area (TPSA) is 92.5 Å². The largest absolute Gasteiger partial charge is 0.347 e. The molecule has 3 heterocycles. The summed E-state index contributed by atoms with van der Waals surface area (Å²) in [6.45, 7) is 4.47. The Balaban J connectivity index is 1.42. The van der Waals surface area contributed by atoms with Crippen LogP contribution < -0.4 is 10.5 Å². The molecule has 2 bridgehead atoms. The van der Waals surface area contributed by atoms with Gasteiger partial charge in [0.1, 0.15) is 0 Å². The average Bonchev–Trinajstić information content (AvgIpc) is 2.71. The van der Waals surface area contributed by atoms with Crippen LogP contribution in [0.1, 0.15) is 30.1 Å². The molecular formula is C21H25N3O3S2. The molecule has 3 saturated heterocycles. The number of rotatable bonds is 5. The third-order valence-corrected chi connectivity index (χ3v) is 7.87. The molecular weight excluding hydrogens is 406 g/mol. The first kappa shape index (κ1) is 20.4. The van der Waals surface area contributed by atoms with Crippen LogP contribution in [0.5, 0.6) is 0 Å². The van der Waals surface area contributed by atoms with Gasteiger partial charge in [-0.2, -0.15) is 0 Å². The molecule has 0 spiro atoms. The molecule has 3 fully saturated rings. The number of nitrogens with one attached hydrogen (secondary N) is 1. The monoisotopic (exact) mass is 431 g/mol. The maximum Gasteiger partial charge on any atom is 0.251 e. The summed E-state index contributed by atoms with van der Waals surface area (Å²) in [6.07, 6.45) is 2.31. The fourth-order valence-electron chi connectivity index (χ4n) is 4.31. The van der Waals surface area contributed by atoms with Crippen molar-refractivity contribution in [2.24, 2.45) is 11.1 Å². The fraction of sp³-hybridized carbons (Fsp3) is 0.381. The zero-order valence-electron chi connectivity index (χ0n) is 16.2.